The van der Waals surface area contributed by atoms with Crippen LogP contribution in [0.1, 0.15) is 24.8 Å². The van der Waals surface area contributed by atoms with Gasteiger partial charge in [-0.25, -0.2) is 0 Å². The van der Waals surface area contributed by atoms with Crippen LogP contribution in [0.25, 0.3) is 0 Å². The van der Waals surface area contributed by atoms with Crippen LogP contribution in [-0.2, 0) is 0 Å². The molecule has 0 amide bonds. The molecule has 1 fully saturated rings. The minimum atomic E-state index is -0.134. The average molecular weight is 262 g/mol. The molecule has 0 heterocycles. The van der Waals surface area contributed by atoms with E-state index in [-0.39, 0.29) is 6.10 Å². The fourth-order valence-corrected chi connectivity index (χ4v) is 3.03. The summed E-state index contributed by atoms with van der Waals surface area (Å²) in [4.78, 5) is 1.01. The topological polar surface area (TPSA) is 56.0 Å². The number of nitriles is 1. The van der Waals surface area contributed by atoms with Crippen LogP contribution >= 0.6 is 11.8 Å². The summed E-state index contributed by atoms with van der Waals surface area (Å²) < 4.78 is 0. The first-order chi connectivity index (χ1) is 8.74. The Hall–Kier alpha value is -1.18. The van der Waals surface area contributed by atoms with E-state index >= 15 is 0 Å². The highest BCUT2D eigenvalue weighted by molar-refractivity contribution is 7.98. The van der Waals surface area contributed by atoms with Crippen LogP contribution in [0.3, 0.4) is 0 Å². The molecule has 96 valence electrons. The maximum Gasteiger partial charge on any atom is 0.102 e. The normalized spacial score (nSPS) is 22.7. The van der Waals surface area contributed by atoms with E-state index in [0.717, 1.165) is 42.0 Å². The van der Waals surface area contributed by atoms with Crippen molar-refractivity contribution >= 4 is 17.4 Å². The van der Waals surface area contributed by atoms with Gasteiger partial charge in [-0.1, -0.05) is 6.07 Å². The van der Waals surface area contributed by atoms with Crippen molar-refractivity contribution in [3.8, 4) is 6.07 Å². The van der Waals surface area contributed by atoms with Crippen molar-refractivity contribution < 1.29 is 5.11 Å². The van der Waals surface area contributed by atoms with Crippen LogP contribution < -0.4 is 5.32 Å². The van der Waals surface area contributed by atoms with E-state index in [0.29, 0.717) is 5.92 Å². The summed E-state index contributed by atoms with van der Waals surface area (Å²) >= 11 is 1.59. The largest absolute Gasteiger partial charge is 0.393 e. The van der Waals surface area contributed by atoms with Crippen LogP contribution in [0.4, 0.5) is 5.69 Å². The van der Waals surface area contributed by atoms with Gasteiger partial charge in [-0.05, 0) is 43.6 Å². The second-order valence-electron chi connectivity index (χ2n) is 4.71. The molecule has 0 spiro atoms. The minimum absolute atomic E-state index is 0.134. The Labute approximate surface area is 112 Å². The van der Waals surface area contributed by atoms with Gasteiger partial charge in [-0.3, -0.25) is 0 Å². The fourth-order valence-electron chi connectivity index (χ4n) is 2.45. The number of thioether (sulfide) groups is 1. The van der Waals surface area contributed by atoms with Gasteiger partial charge in [-0.2, -0.15) is 5.26 Å². The molecule has 1 aromatic carbocycles. The quantitative estimate of drug-likeness (QED) is 0.819. The van der Waals surface area contributed by atoms with E-state index in [1.165, 1.54) is 0 Å². The van der Waals surface area contributed by atoms with E-state index in [1.807, 2.05) is 24.5 Å². The number of rotatable bonds is 4. The monoisotopic (exact) mass is 262 g/mol. The van der Waals surface area contributed by atoms with Gasteiger partial charge >= 0.3 is 0 Å². The number of hydrogen-bond acceptors (Lipinski definition) is 4. The van der Waals surface area contributed by atoms with Crippen molar-refractivity contribution in [1.29, 1.82) is 5.26 Å². The zero-order chi connectivity index (χ0) is 13.0. The third-order valence-corrected chi connectivity index (χ3v) is 4.23. The first-order valence-corrected chi connectivity index (χ1v) is 7.46. The Kier molecular flexibility index (Phi) is 4.51. The lowest BCUT2D eigenvalue weighted by molar-refractivity contribution is 0.178. The summed E-state index contributed by atoms with van der Waals surface area (Å²) in [7, 11) is 0. The summed E-state index contributed by atoms with van der Waals surface area (Å²) in [5.74, 6) is 0.518. The van der Waals surface area contributed by atoms with Crippen LogP contribution in [0.2, 0.25) is 0 Å². The highest BCUT2D eigenvalue weighted by atomic mass is 32.2. The molecule has 1 saturated carbocycles. The summed E-state index contributed by atoms with van der Waals surface area (Å²) in [5, 5.41) is 22.1. The Morgan fingerprint density at radius 2 is 2.33 bits per heavy atom. The van der Waals surface area contributed by atoms with Gasteiger partial charge in [0.2, 0.25) is 0 Å². The van der Waals surface area contributed by atoms with E-state index in [2.05, 4.69) is 11.4 Å². The zero-order valence-corrected chi connectivity index (χ0v) is 11.3. The zero-order valence-electron chi connectivity index (χ0n) is 10.5. The van der Waals surface area contributed by atoms with Crippen molar-refractivity contribution in [2.45, 2.75) is 30.3 Å². The Morgan fingerprint density at radius 1 is 1.50 bits per heavy atom. The van der Waals surface area contributed by atoms with E-state index in [1.54, 1.807) is 11.8 Å². The molecule has 1 aromatic rings. The summed E-state index contributed by atoms with van der Waals surface area (Å²) in [6, 6.07) is 8.15. The smallest absolute Gasteiger partial charge is 0.102 e. The van der Waals surface area contributed by atoms with Gasteiger partial charge in [0.1, 0.15) is 6.07 Å². The molecule has 3 nitrogen and oxygen atoms in total. The van der Waals surface area contributed by atoms with Gasteiger partial charge in [-0.15, -0.1) is 11.8 Å². The predicted molar refractivity (Wildman–Crippen MR) is 74.8 cm³/mol. The summed E-state index contributed by atoms with van der Waals surface area (Å²) in [6.07, 6.45) is 4.69. The number of aliphatic hydroxyl groups is 1. The van der Waals surface area contributed by atoms with Crippen molar-refractivity contribution in [1.82, 2.24) is 0 Å². The van der Waals surface area contributed by atoms with Crippen LogP contribution in [0.5, 0.6) is 0 Å². The number of aliphatic hydroxyl groups excluding tert-OH is 1. The van der Waals surface area contributed by atoms with Crippen molar-refractivity contribution in [3.05, 3.63) is 23.8 Å². The van der Waals surface area contributed by atoms with Gasteiger partial charge in [0.05, 0.1) is 17.4 Å². The first kappa shape index (κ1) is 13.3. The van der Waals surface area contributed by atoms with Gasteiger partial charge in [0.15, 0.2) is 0 Å². The van der Waals surface area contributed by atoms with Gasteiger partial charge in [0, 0.05) is 11.4 Å². The fraction of sp³-hybridized carbons (Fsp3) is 0.500. The maximum atomic E-state index is 9.50. The molecule has 0 saturated heterocycles. The number of nitrogens with one attached hydrogen (secondary N) is 1. The number of nitrogens with zero attached hydrogens (tertiary/aromatic N) is 1. The average Bonchev–Trinajstić information content (AvgIpc) is 2.81. The highest BCUT2D eigenvalue weighted by Crippen LogP contribution is 2.29. The third kappa shape index (κ3) is 2.98. The van der Waals surface area contributed by atoms with Crippen LogP contribution in [-0.4, -0.2) is 24.0 Å². The molecular formula is C14H18N2OS. The van der Waals surface area contributed by atoms with Crippen molar-refractivity contribution in [3.63, 3.8) is 0 Å². The molecule has 0 radical (unpaired) electrons. The Morgan fingerprint density at radius 3 is 2.94 bits per heavy atom. The van der Waals surface area contributed by atoms with Crippen molar-refractivity contribution in [2.24, 2.45) is 5.92 Å². The van der Waals surface area contributed by atoms with Crippen LogP contribution in [0.15, 0.2) is 23.1 Å². The standard InChI is InChI=1S/C14H18N2OS/c1-18-14-4-2-3-13(12(14)8-15)16-9-10-5-6-11(17)7-10/h2-4,10-11,16-17H,5-7,9H2,1H3. The number of hydrogen-bond donors (Lipinski definition) is 2. The third-order valence-electron chi connectivity index (χ3n) is 3.45. The molecule has 2 rings (SSSR count). The van der Waals surface area contributed by atoms with E-state index < -0.39 is 0 Å². The van der Waals surface area contributed by atoms with Crippen molar-refractivity contribution in [2.75, 3.05) is 18.1 Å². The van der Waals surface area contributed by atoms with Gasteiger partial charge in [0.25, 0.3) is 0 Å². The van der Waals surface area contributed by atoms with E-state index in [4.69, 9.17) is 0 Å². The second-order valence-corrected chi connectivity index (χ2v) is 5.56. The number of anilines is 1. The van der Waals surface area contributed by atoms with E-state index in [9.17, 15) is 10.4 Å². The highest BCUT2D eigenvalue weighted by Gasteiger charge is 2.22. The summed E-state index contributed by atoms with van der Waals surface area (Å²) in [5.41, 5.74) is 1.63. The molecule has 2 unspecified atom stereocenters. The molecule has 0 bridgehead atoms. The second kappa shape index (κ2) is 6.12. The summed E-state index contributed by atoms with van der Waals surface area (Å²) in [6.45, 7) is 0.837. The Bertz CT molecular complexity index is 456. The predicted octanol–water partition coefficient (Wildman–Crippen LogP) is 2.85. The molecule has 0 aromatic heterocycles. The molecule has 2 N–H and O–H groups in total. The molecule has 1 aliphatic rings. The van der Waals surface area contributed by atoms with Gasteiger partial charge < -0.3 is 10.4 Å². The molecule has 2 atom stereocenters. The lowest BCUT2D eigenvalue weighted by atomic mass is 10.1. The SMILES string of the molecule is CSc1cccc(NCC2CCC(O)C2)c1C#N. The molecular weight excluding hydrogens is 244 g/mol. The Balaban J connectivity index is 2.03. The number of benzene rings is 1. The molecule has 1 aliphatic carbocycles. The lowest BCUT2D eigenvalue weighted by Gasteiger charge is -2.14. The molecule has 18 heavy (non-hydrogen) atoms. The van der Waals surface area contributed by atoms with Crippen LogP contribution in [0, 0.1) is 17.2 Å². The maximum absolute atomic E-state index is 9.50. The molecule has 0 aliphatic heterocycles. The molecule has 4 heteroatoms. The lowest BCUT2D eigenvalue weighted by Crippen LogP contribution is -2.13. The first-order valence-electron chi connectivity index (χ1n) is 6.23. The minimum Gasteiger partial charge on any atom is -0.393 e.